The number of aromatic nitrogens is 1. The van der Waals surface area contributed by atoms with E-state index >= 15 is 0 Å². The average molecular weight is 363 g/mol. The molecule has 0 aromatic carbocycles. The normalized spacial score (nSPS) is 16.5. The summed E-state index contributed by atoms with van der Waals surface area (Å²) in [5.74, 6) is 0.361. The van der Waals surface area contributed by atoms with Gasteiger partial charge < -0.3 is 19.1 Å². The summed E-state index contributed by atoms with van der Waals surface area (Å²) in [4.78, 5) is 28.7. The number of hydrogen-bond donors (Lipinski definition) is 0. The van der Waals surface area contributed by atoms with Crippen LogP contribution in [0.25, 0.3) is 5.57 Å². The Morgan fingerprint density at radius 3 is 2.38 bits per heavy atom. The highest BCUT2D eigenvalue weighted by Gasteiger charge is 2.32. The predicted octanol–water partition coefficient (Wildman–Crippen LogP) is 3.10. The van der Waals surface area contributed by atoms with Crippen molar-refractivity contribution >= 4 is 17.4 Å². The van der Waals surface area contributed by atoms with E-state index in [1.165, 1.54) is 0 Å². The first-order valence-electron chi connectivity index (χ1n) is 8.91. The maximum atomic E-state index is 13.0. The minimum absolute atomic E-state index is 0.0266. The van der Waals surface area contributed by atoms with Crippen molar-refractivity contribution in [3.8, 4) is 0 Å². The second-order valence-electron chi connectivity index (χ2n) is 7.94. The predicted molar refractivity (Wildman–Crippen MR) is 98.4 cm³/mol. The fraction of sp³-hybridized carbons (Fsp3) is 0.632. The van der Waals surface area contributed by atoms with Crippen LogP contribution < -0.4 is 0 Å². The van der Waals surface area contributed by atoms with Gasteiger partial charge in [0.25, 0.3) is 0 Å². The summed E-state index contributed by atoms with van der Waals surface area (Å²) < 4.78 is 10.7. The third kappa shape index (κ3) is 5.34. The van der Waals surface area contributed by atoms with Gasteiger partial charge in [0.2, 0.25) is 0 Å². The molecule has 0 aliphatic carbocycles. The lowest BCUT2D eigenvalue weighted by Gasteiger charge is -2.33. The molecule has 1 amide bonds. The van der Waals surface area contributed by atoms with Crippen LogP contribution in [0.3, 0.4) is 0 Å². The Kier molecular flexibility index (Phi) is 6.10. The standard InChI is InChI=1S/C19H29N3O4/c1-13-11-16(26-20-13)15(12-21(5)6)17(23)14-7-9-22(10-8-14)18(24)25-19(2,3)4/h11-12,14H,7-10H2,1-6H3/b15-12-. The van der Waals surface area contributed by atoms with Crippen LogP contribution in [0.1, 0.15) is 45.1 Å². The van der Waals surface area contributed by atoms with Gasteiger partial charge >= 0.3 is 6.09 Å². The summed E-state index contributed by atoms with van der Waals surface area (Å²) >= 11 is 0. The van der Waals surface area contributed by atoms with Gasteiger partial charge in [-0.1, -0.05) is 5.16 Å². The molecule has 0 unspecified atom stereocenters. The van der Waals surface area contributed by atoms with Gasteiger partial charge in [-0.15, -0.1) is 0 Å². The van der Waals surface area contributed by atoms with Crippen molar-refractivity contribution in [2.75, 3.05) is 27.2 Å². The molecule has 1 fully saturated rings. The van der Waals surface area contributed by atoms with Gasteiger partial charge in [0.15, 0.2) is 11.5 Å². The zero-order chi connectivity index (χ0) is 19.5. The SMILES string of the molecule is Cc1cc(/C(=C/N(C)C)C(=O)C2CCN(C(=O)OC(C)(C)C)CC2)on1. The van der Waals surface area contributed by atoms with Crippen molar-refractivity contribution in [2.24, 2.45) is 5.92 Å². The maximum Gasteiger partial charge on any atom is 0.410 e. The lowest BCUT2D eigenvalue weighted by molar-refractivity contribution is -0.118. The number of hydrogen-bond acceptors (Lipinski definition) is 6. The van der Waals surface area contributed by atoms with Crippen LogP contribution >= 0.6 is 0 Å². The molecule has 1 aliphatic heterocycles. The highest BCUT2D eigenvalue weighted by atomic mass is 16.6. The number of rotatable bonds is 4. The fourth-order valence-corrected chi connectivity index (χ4v) is 2.87. The van der Waals surface area contributed by atoms with Gasteiger partial charge in [-0.05, 0) is 40.5 Å². The molecule has 2 heterocycles. The van der Waals surface area contributed by atoms with E-state index in [1.807, 2.05) is 46.7 Å². The summed E-state index contributed by atoms with van der Waals surface area (Å²) in [6.45, 7) is 8.38. The van der Waals surface area contributed by atoms with Crippen LogP contribution in [0.2, 0.25) is 0 Å². The number of allylic oxidation sites excluding steroid dienone is 1. The van der Waals surface area contributed by atoms with E-state index in [1.54, 1.807) is 17.2 Å². The van der Waals surface area contributed by atoms with Crippen LogP contribution in [0.15, 0.2) is 16.8 Å². The molecule has 26 heavy (non-hydrogen) atoms. The van der Waals surface area contributed by atoms with E-state index in [9.17, 15) is 9.59 Å². The minimum Gasteiger partial charge on any atom is -0.444 e. The number of amides is 1. The van der Waals surface area contributed by atoms with Gasteiger partial charge in [-0.2, -0.15) is 0 Å². The number of carbonyl (C=O) groups is 2. The molecular formula is C19H29N3O4. The summed E-state index contributed by atoms with van der Waals surface area (Å²) in [5.41, 5.74) is 0.735. The smallest absolute Gasteiger partial charge is 0.410 e. The van der Waals surface area contributed by atoms with Crippen molar-refractivity contribution < 1.29 is 18.8 Å². The van der Waals surface area contributed by atoms with Crippen LogP contribution in [0.5, 0.6) is 0 Å². The van der Waals surface area contributed by atoms with Crippen LogP contribution in [-0.2, 0) is 9.53 Å². The Balaban J connectivity index is 2.05. The zero-order valence-corrected chi connectivity index (χ0v) is 16.5. The summed E-state index contributed by atoms with van der Waals surface area (Å²) in [7, 11) is 3.73. The first kappa shape index (κ1) is 20.0. The molecule has 1 aliphatic rings. The maximum absolute atomic E-state index is 13.0. The van der Waals surface area contributed by atoms with Crippen molar-refractivity contribution in [3.05, 3.63) is 23.7 Å². The first-order chi connectivity index (χ1) is 12.1. The molecular weight excluding hydrogens is 334 g/mol. The number of ketones is 1. The number of likely N-dealkylation sites (tertiary alicyclic amines) is 1. The van der Waals surface area contributed by atoms with Gasteiger partial charge in [-0.25, -0.2) is 4.79 Å². The van der Waals surface area contributed by atoms with Gasteiger partial charge in [0, 0.05) is 45.4 Å². The van der Waals surface area contributed by atoms with Crippen molar-refractivity contribution in [1.29, 1.82) is 0 Å². The molecule has 1 aromatic heterocycles. The van der Waals surface area contributed by atoms with E-state index < -0.39 is 5.60 Å². The molecule has 0 saturated carbocycles. The fourth-order valence-electron chi connectivity index (χ4n) is 2.87. The molecule has 0 N–H and O–H groups in total. The highest BCUT2D eigenvalue weighted by molar-refractivity contribution is 6.20. The number of piperidine rings is 1. The number of Topliss-reactive ketones (excluding diaryl/α,β-unsaturated/α-hetero) is 1. The number of carbonyl (C=O) groups excluding carboxylic acids is 2. The van der Waals surface area contributed by atoms with Crippen molar-refractivity contribution in [1.82, 2.24) is 15.0 Å². The Morgan fingerprint density at radius 2 is 1.92 bits per heavy atom. The minimum atomic E-state index is -0.518. The third-order valence-corrected chi connectivity index (χ3v) is 4.06. The molecule has 7 nitrogen and oxygen atoms in total. The van der Waals surface area contributed by atoms with E-state index in [-0.39, 0.29) is 17.8 Å². The lowest BCUT2D eigenvalue weighted by Crippen LogP contribution is -2.43. The summed E-state index contributed by atoms with van der Waals surface area (Å²) in [5, 5.41) is 3.89. The summed E-state index contributed by atoms with van der Waals surface area (Å²) in [6.07, 6.45) is 2.66. The molecule has 7 heteroatoms. The molecule has 0 spiro atoms. The van der Waals surface area contributed by atoms with E-state index in [4.69, 9.17) is 9.26 Å². The van der Waals surface area contributed by atoms with E-state index in [2.05, 4.69) is 5.16 Å². The highest BCUT2D eigenvalue weighted by Crippen LogP contribution is 2.27. The molecule has 0 bridgehead atoms. The molecule has 0 atom stereocenters. The van der Waals surface area contributed by atoms with Crippen LogP contribution in [-0.4, -0.2) is 59.6 Å². The zero-order valence-electron chi connectivity index (χ0n) is 16.5. The van der Waals surface area contributed by atoms with Gasteiger partial charge in [-0.3, -0.25) is 4.79 Å². The lowest BCUT2D eigenvalue weighted by atomic mass is 9.88. The molecule has 1 aromatic rings. The first-order valence-corrected chi connectivity index (χ1v) is 8.91. The Morgan fingerprint density at radius 1 is 1.31 bits per heavy atom. The van der Waals surface area contributed by atoms with Crippen molar-refractivity contribution in [2.45, 2.75) is 46.1 Å². The third-order valence-electron chi connectivity index (χ3n) is 4.06. The number of aryl methyl sites for hydroxylation is 1. The quantitative estimate of drug-likeness (QED) is 0.765. The number of nitrogens with zero attached hydrogens (tertiary/aromatic N) is 3. The van der Waals surface area contributed by atoms with Crippen molar-refractivity contribution in [3.63, 3.8) is 0 Å². The Hall–Kier alpha value is -2.31. The number of ether oxygens (including phenoxy) is 1. The van der Waals surface area contributed by atoms with E-state index in [0.29, 0.717) is 37.3 Å². The monoisotopic (exact) mass is 363 g/mol. The second-order valence-corrected chi connectivity index (χ2v) is 7.94. The van der Waals surface area contributed by atoms with E-state index in [0.717, 1.165) is 5.69 Å². The summed E-state index contributed by atoms with van der Waals surface area (Å²) in [6, 6.07) is 1.77. The van der Waals surface area contributed by atoms with Gasteiger partial charge in [0.05, 0.1) is 11.3 Å². The van der Waals surface area contributed by atoms with Gasteiger partial charge in [0.1, 0.15) is 5.60 Å². The molecule has 2 rings (SSSR count). The average Bonchev–Trinajstić information content (AvgIpc) is 2.96. The second kappa shape index (κ2) is 7.93. The molecule has 1 saturated heterocycles. The molecule has 144 valence electrons. The Labute approximate surface area is 154 Å². The Bertz CT molecular complexity index is 677. The largest absolute Gasteiger partial charge is 0.444 e. The van der Waals surface area contributed by atoms with Crippen LogP contribution in [0.4, 0.5) is 4.79 Å². The van der Waals surface area contributed by atoms with Crippen LogP contribution in [0, 0.1) is 12.8 Å². The molecule has 0 radical (unpaired) electrons. The topological polar surface area (TPSA) is 75.9 Å².